The number of nitrogens with zero attached hydrogens (tertiary/aromatic N) is 2. The lowest BCUT2D eigenvalue weighted by Gasteiger charge is -2.33. The van der Waals surface area contributed by atoms with E-state index in [9.17, 15) is 18.0 Å². The van der Waals surface area contributed by atoms with Gasteiger partial charge in [-0.25, -0.2) is 8.42 Å². The zero-order valence-electron chi connectivity index (χ0n) is 21.5. The molecule has 0 unspecified atom stereocenters. The fraction of sp³-hybridized carbons (Fsp3) is 0.286. The van der Waals surface area contributed by atoms with E-state index >= 15 is 0 Å². The molecule has 0 fully saturated rings. The predicted octanol–water partition coefficient (Wildman–Crippen LogP) is 5.44. The number of benzene rings is 3. The molecule has 0 saturated heterocycles. The van der Waals surface area contributed by atoms with Crippen molar-refractivity contribution in [1.29, 1.82) is 0 Å². The van der Waals surface area contributed by atoms with Gasteiger partial charge in [-0.15, -0.1) is 0 Å². The normalized spacial score (nSPS) is 12.0. The summed E-state index contributed by atoms with van der Waals surface area (Å²) < 4.78 is 28.5. The van der Waals surface area contributed by atoms with Crippen LogP contribution in [0.25, 0.3) is 0 Å². The Labute approximate surface area is 234 Å². The number of halogens is 2. The Kier molecular flexibility index (Phi) is 10.2. The van der Waals surface area contributed by atoms with Crippen molar-refractivity contribution in [3.63, 3.8) is 0 Å². The van der Waals surface area contributed by atoms with Gasteiger partial charge in [-0.3, -0.25) is 13.9 Å². The van der Waals surface area contributed by atoms with Gasteiger partial charge in [-0.05, 0) is 56.2 Å². The van der Waals surface area contributed by atoms with Crippen molar-refractivity contribution in [2.45, 2.75) is 44.7 Å². The minimum atomic E-state index is -4.17. The van der Waals surface area contributed by atoms with Crippen molar-refractivity contribution in [1.82, 2.24) is 10.2 Å². The van der Waals surface area contributed by atoms with E-state index in [2.05, 4.69) is 5.32 Å². The second-order valence-corrected chi connectivity index (χ2v) is 11.4. The zero-order chi connectivity index (χ0) is 27.9. The first-order valence-corrected chi connectivity index (χ1v) is 14.4. The van der Waals surface area contributed by atoms with E-state index in [-0.39, 0.29) is 33.1 Å². The van der Waals surface area contributed by atoms with E-state index in [1.54, 1.807) is 25.1 Å². The second-order valence-electron chi connectivity index (χ2n) is 8.75. The van der Waals surface area contributed by atoms with Gasteiger partial charge in [0.05, 0.1) is 20.6 Å². The summed E-state index contributed by atoms with van der Waals surface area (Å²) in [5.74, 6) is -0.835. The van der Waals surface area contributed by atoms with Gasteiger partial charge in [-0.2, -0.15) is 0 Å². The highest BCUT2D eigenvalue weighted by Gasteiger charge is 2.33. The fourth-order valence-electron chi connectivity index (χ4n) is 4.11. The highest BCUT2D eigenvalue weighted by atomic mass is 35.5. The van der Waals surface area contributed by atoms with Gasteiger partial charge in [0.2, 0.25) is 11.8 Å². The molecule has 0 aromatic heterocycles. The van der Waals surface area contributed by atoms with Crippen LogP contribution < -0.4 is 9.62 Å². The average Bonchev–Trinajstić information content (AvgIpc) is 2.89. The number of nitrogens with one attached hydrogen (secondary N) is 1. The van der Waals surface area contributed by atoms with Crippen molar-refractivity contribution < 1.29 is 18.0 Å². The van der Waals surface area contributed by atoms with Crippen molar-refractivity contribution in [3.8, 4) is 0 Å². The van der Waals surface area contributed by atoms with Crippen LogP contribution in [0.3, 0.4) is 0 Å². The Hall–Kier alpha value is -3.07. The first kappa shape index (κ1) is 29.5. The van der Waals surface area contributed by atoms with Crippen LogP contribution in [0.15, 0.2) is 77.7 Å². The second kappa shape index (κ2) is 13.1. The number of sulfonamides is 1. The molecule has 0 aliphatic heterocycles. The predicted molar refractivity (Wildman–Crippen MR) is 152 cm³/mol. The molecule has 0 radical (unpaired) electrons. The maximum Gasteiger partial charge on any atom is 0.264 e. The molecule has 0 aliphatic carbocycles. The van der Waals surface area contributed by atoms with Gasteiger partial charge in [0.1, 0.15) is 12.6 Å². The molecule has 0 bridgehead atoms. The van der Waals surface area contributed by atoms with Gasteiger partial charge in [0.25, 0.3) is 10.0 Å². The number of carbonyl (C=O) groups is 2. The summed E-state index contributed by atoms with van der Waals surface area (Å²) in [5, 5.41) is 3.19. The molecule has 1 N–H and O–H groups in total. The maximum atomic E-state index is 13.9. The number of carbonyl (C=O) groups excluding carboxylic acids is 2. The summed E-state index contributed by atoms with van der Waals surface area (Å²) in [5.41, 5.74) is 2.01. The van der Waals surface area contributed by atoms with Gasteiger partial charge >= 0.3 is 0 Å². The summed E-state index contributed by atoms with van der Waals surface area (Å²) in [6.45, 7) is 5.55. The lowest BCUT2D eigenvalue weighted by molar-refractivity contribution is -0.140. The Morgan fingerprint density at radius 1 is 0.921 bits per heavy atom. The summed E-state index contributed by atoms with van der Waals surface area (Å²) in [4.78, 5) is 28.3. The fourth-order valence-corrected chi connectivity index (χ4v) is 5.83. The van der Waals surface area contributed by atoms with Crippen LogP contribution in [0.5, 0.6) is 0 Å². The average molecular weight is 577 g/mol. The summed E-state index contributed by atoms with van der Waals surface area (Å²) in [6, 6.07) is 19.0. The molecule has 3 rings (SSSR count). The SMILES string of the molecule is CCNC(=O)[C@H](CC)N(Cc1cccc(C)c1)C(=O)CN(c1ccc(Cl)c(Cl)c1)S(=O)(=O)c1ccccc1. The Balaban J connectivity index is 2.07. The summed E-state index contributed by atoms with van der Waals surface area (Å²) >= 11 is 12.3. The largest absolute Gasteiger partial charge is 0.355 e. The van der Waals surface area contributed by atoms with Gasteiger partial charge < -0.3 is 10.2 Å². The molecule has 0 heterocycles. The van der Waals surface area contributed by atoms with E-state index in [4.69, 9.17) is 23.2 Å². The van der Waals surface area contributed by atoms with E-state index in [1.807, 2.05) is 38.1 Å². The number of likely N-dealkylation sites (N-methyl/N-ethyl adjacent to an activating group) is 1. The minimum Gasteiger partial charge on any atom is -0.355 e. The molecule has 0 spiro atoms. The Morgan fingerprint density at radius 2 is 1.63 bits per heavy atom. The standard InChI is InChI=1S/C28H31Cl2N3O4S/c1-4-26(28(35)31-5-2)32(18-21-11-9-10-20(3)16-21)27(34)19-33(22-14-15-24(29)25(30)17-22)38(36,37)23-12-7-6-8-13-23/h6-17,26H,4-5,18-19H2,1-3H3,(H,31,35)/t26-/m0/s1. The van der Waals surface area contributed by atoms with E-state index in [0.717, 1.165) is 15.4 Å². The Morgan fingerprint density at radius 3 is 2.24 bits per heavy atom. The van der Waals surface area contributed by atoms with Gasteiger partial charge in [0, 0.05) is 13.1 Å². The molecule has 0 aliphatic rings. The first-order chi connectivity index (χ1) is 18.1. The quantitative estimate of drug-likeness (QED) is 0.330. The van der Waals surface area contributed by atoms with Crippen LogP contribution in [0.1, 0.15) is 31.4 Å². The maximum absolute atomic E-state index is 13.9. The third-order valence-electron chi connectivity index (χ3n) is 5.97. The zero-order valence-corrected chi connectivity index (χ0v) is 23.9. The van der Waals surface area contributed by atoms with Crippen LogP contribution in [-0.2, 0) is 26.2 Å². The van der Waals surface area contributed by atoms with Gasteiger partial charge in [-0.1, -0.05) is 78.2 Å². The number of hydrogen-bond donors (Lipinski definition) is 1. The lowest BCUT2D eigenvalue weighted by atomic mass is 10.1. The van der Waals surface area contributed by atoms with Crippen molar-refractivity contribution in [2.75, 3.05) is 17.4 Å². The molecule has 10 heteroatoms. The molecule has 38 heavy (non-hydrogen) atoms. The molecule has 1 atom stereocenters. The number of anilines is 1. The molecule has 2 amide bonds. The molecular weight excluding hydrogens is 545 g/mol. The summed E-state index contributed by atoms with van der Waals surface area (Å²) in [7, 11) is -4.17. The van der Waals surface area contributed by atoms with Crippen molar-refractivity contribution >= 4 is 50.7 Å². The van der Waals surface area contributed by atoms with Gasteiger partial charge in [0.15, 0.2) is 0 Å². The molecule has 3 aromatic carbocycles. The topological polar surface area (TPSA) is 86.8 Å². The lowest BCUT2D eigenvalue weighted by Crippen LogP contribution is -2.52. The van der Waals surface area contributed by atoms with Crippen LogP contribution in [0.2, 0.25) is 10.0 Å². The van der Waals surface area contributed by atoms with E-state index < -0.39 is 28.5 Å². The van der Waals surface area contributed by atoms with Crippen LogP contribution in [0.4, 0.5) is 5.69 Å². The summed E-state index contributed by atoms with van der Waals surface area (Å²) in [6.07, 6.45) is 0.349. The molecule has 7 nitrogen and oxygen atoms in total. The molecule has 3 aromatic rings. The van der Waals surface area contributed by atoms with Crippen molar-refractivity contribution in [2.24, 2.45) is 0 Å². The van der Waals surface area contributed by atoms with Crippen LogP contribution >= 0.6 is 23.2 Å². The number of hydrogen-bond acceptors (Lipinski definition) is 4. The number of amides is 2. The highest BCUT2D eigenvalue weighted by Crippen LogP contribution is 2.31. The van der Waals surface area contributed by atoms with E-state index in [0.29, 0.717) is 13.0 Å². The molecular formula is C28H31Cl2N3O4S. The van der Waals surface area contributed by atoms with Crippen molar-refractivity contribution in [3.05, 3.63) is 94.0 Å². The first-order valence-electron chi connectivity index (χ1n) is 12.2. The van der Waals surface area contributed by atoms with E-state index in [1.165, 1.54) is 35.2 Å². The molecule has 0 saturated carbocycles. The smallest absolute Gasteiger partial charge is 0.264 e. The Bertz CT molecular complexity index is 1380. The number of aryl methyl sites for hydroxylation is 1. The molecule has 202 valence electrons. The third kappa shape index (κ3) is 7.07. The number of rotatable bonds is 11. The third-order valence-corrected chi connectivity index (χ3v) is 8.50. The van der Waals surface area contributed by atoms with Crippen LogP contribution in [-0.4, -0.2) is 44.3 Å². The highest BCUT2D eigenvalue weighted by molar-refractivity contribution is 7.92. The minimum absolute atomic E-state index is 0.0138. The monoisotopic (exact) mass is 575 g/mol. The van der Waals surface area contributed by atoms with Crippen LogP contribution in [0, 0.1) is 6.92 Å².